The van der Waals surface area contributed by atoms with Crippen LogP contribution in [0.4, 0.5) is 13.2 Å². The molecule has 0 saturated heterocycles. The van der Waals surface area contributed by atoms with Crippen molar-refractivity contribution >= 4 is 34.8 Å². The van der Waals surface area contributed by atoms with Gasteiger partial charge in [0.1, 0.15) is 11.2 Å². The Bertz CT molecular complexity index is 380. The van der Waals surface area contributed by atoms with E-state index in [4.69, 9.17) is 40.5 Å². The molecule has 1 aromatic heterocycles. The summed E-state index contributed by atoms with van der Waals surface area (Å²) >= 11 is 16.5. The molecular weight excluding hydrogens is 275 g/mol. The Labute approximate surface area is 98.1 Å². The maximum atomic E-state index is 12.3. The van der Waals surface area contributed by atoms with Crippen LogP contribution in [0.25, 0.3) is 0 Å². The molecule has 0 spiro atoms. The Balaban J connectivity index is 3.31. The number of nitrogens with two attached hydrogens (primary N) is 1. The number of aromatic nitrogens is 1. The predicted octanol–water partition coefficient (Wildman–Crippen LogP) is 3.60. The molecule has 0 unspecified atom stereocenters. The van der Waals surface area contributed by atoms with E-state index in [1.807, 2.05) is 0 Å². The molecule has 0 aliphatic rings. The van der Waals surface area contributed by atoms with Crippen LogP contribution in [0.5, 0.6) is 0 Å². The highest BCUT2D eigenvalue weighted by atomic mass is 35.5. The van der Waals surface area contributed by atoms with E-state index in [0.717, 1.165) is 6.20 Å². The average Bonchev–Trinajstić information content (AvgIpc) is 2.10. The number of rotatable bonds is 1. The van der Waals surface area contributed by atoms with Crippen LogP contribution in [-0.2, 0) is 0 Å². The molecule has 2 nitrogen and oxygen atoms in total. The van der Waals surface area contributed by atoms with Crippen LogP contribution in [0.15, 0.2) is 6.20 Å². The number of hydrogen-bond donors (Lipinski definition) is 1. The molecule has 0 radical (unpaired) electrons. The van der Waals surface area contributed by atoms with Crippen LogP contribution < -0.4 is 5.73 Å². The molecule has 0 fully saturated rings. The van der Waals surface area contributed by atoms with Gasteiger partial charge in [0.25, 0.3) is 0 Å². The SMILES string of the molecule is N[C@@H](c1c(Cl)cnc(Cl)c1Cl)C(F)(F)F. The predicted molar refractivity (Wildman–Crippen MR) is 52.3 cm³/mol. The minimum absolute atomic E-state index is 0.268. The number of halogens is 6. The summed E-state index contributed by atoms with van der Waals surface area (Å²) in [5.74, 6) is 0. The summed E-state index contributed by atoms with van der Waals surface area (Å²) in [5, 5.41) is -0.918. The van der Waals surface area contributed by atoms with Crippen molar-refractivity contribution in [3.63, 3.8) is 0 Å². The van der Waals surface area contributed by atoms with E-state index in [2.05, 4.69) is 4.98 Å². The van der Waals surface area contributed by atoms with Gasteiger partial charge in [0, 0.05) is 11.8 Å². The lowest BCUT2D eigenvalue weighted by Crippen LogP contribution is -2.29. The van der Waals surface area contributed by atoms with E-state index in [1.54, 1.807) is 0 Å². The van der Waals surface area contributed by atoms with Gasteiger partial charge in [-0.05, 0) is 0 Å². The van der Waals surface area contributed by atoms with E-state index in [9.17, 15) is 13.2 Å². The summed E-state index contributed by atoms with van der Waals surface area (Å²) in [4.78, 5) is 3.48. The lowest BCUT2D eigenvalue weighted by molar-refractivity contribution is -0.149. The van der Waals surface area contributed by atoms with Gasteiger partial charge in [0.15, 0.2) is 0 Å². The second-order valence-electron chi connectivity index (χ2n) is 2.64. The quantitative estimate of drug-likeness (QED) is 0.798. The molecule has 0 saturated carbocycles. The van der Waals surface area contributed by atoms with Crippen LogP contribution in [0, 0.1) is 0 Å². The number of hydrogen-bond acceptors (Lipinski definition) is 2. The topological polar surface area (TPSA) is 38.9 Å². The molecule has 1 rings (SSSR count). The van der Waals surface area contributed by atoms with Crippen LogP contribution >= 0.6 is 34.8 Å². The normalized spacial score (nSPS) is 14.1. The second-order valence-corrected chi connectivity index (χ2v) is 3.79. The Morgan fingerprint density at radius 3 is 2.27 bits per heavy atom. The van der Waals surface area contributed by atoms with Crippen molar-refractivity contribution in [3.05, 3.63) is 27.0 Å². The second kappa shape index (κ2) is 4.33. The molecule has 0 amide bonds. The van der Waals surface area contributed by atoms with Crippen molar-refractivity contribution in [1.82, 2.24) is 4.98 Å². The van der Waals surface area contributed by atoms with Crippen LogP contribution in [0.3, 0.4) is 0 Å². The molecule has 15 heavy (non-hydrogen) atoms. The first-order valence-electron chi connectivity index (χ1n) is 3.57. The standard InChI is InChI=1S/C7H4Cl3F3N2/c8-2-1-15-6(10)4(9)3(2)5(14)7(11,12)13/h1,5H,14H2/t5-/m0/s1. The molecule has 0 aromatic carbocycles. The molecule has 1 aromatic rings. The van der Waals surface area contributed by atoms with Gasteiger partial charge in [0.2, 0.25) is 0 Å². The first kappa shape index (κ1) is 12.8. The van der Waals surface area contributed by atoms with Crippen molar-refractivity contribution < 1.29 is 13.2 Å². The summed E-state index contributed by atoms with van der Waals surface area (Å²) in [7, 11) is 0. The molecule has 84 valence electrons. The zero-order chi connectivity index (χ0) is 11.8. The van der Waals surface area contributed by atoms with E-state index in [1.165, 1.54) is 0 Å². The van der Waals surface area contributed by atoms with Gasteiger partial charge in [-0.3, -0.25) is 0 Å². The van der Waals surface area contributed by atoms with Crippen LogP contribution in [0.2, 0.25) is 15.2 Å². The Morgan fingerprint density at radius 1 is 1.27 bits per heavy atom. The Morgan fingerprint density at radius 2 is 1.80 bits per heavy atom. The van der Waals surface area contributed by atoms with Crippen molar-refractivity contribution in [2.45, 2.75) is 12.2 Å². The maximum Gasteiger partial charge on any atom is 0.407 e. The first-order chi connectivity index (χ1) is 6.75. The van der Waals surface area contributed by atoms with E-state index >= 15 is 0 Å². The van der Waals surface area contributed by atoms with Gasteiger partial charge in [-0.2, -0.15) is 13.2 Å². The third-order valence-electron chi connectivity index (χ3n) is 1.63. The summed E-state index contributed by atoms with van der Waals surface area (Å²) in [5.41, 5.74) is 4.50. The highest BCUT2D eigenvalue weighted by Gasteiger charge is 2.40. The van der Waals surface area contributed by atoms with Crippen molar-refractivity contribution in [2.75, 3.05) is 0 Å². The van der Waals surface area contributed by atoms with Gasteiger partial charge in [-0.1, -0.05) is 34.8 Å². The van der Waals surface area contributed by atoms with Gasteiger partial charge in [0.05, 0.1) is 10.0 Å². The fourth-order valence-electron chi connectivity index (χ4n) is 0.904. The molecule has 1 atom stereocenters. The van der Waals surface area contributed by atoms with Crippen molar-refractivity contribution in [1.29, 1.82) is 0 Å². The molecule has 0 aliphatic heterocycles. The van der Waals surface area contributed by atoms with Crippen LogP contribution in [-0.4, -0.2) is 11.2 Å². The average molecular weight is 279 g/mol. The molecule has 2 N–H and O–H groups in total. The molecule has 8 heteroatoms. The summed E-state index contributed by atoms with van der Waals surface area (Å²) < 4.78 is 37.0. The monoisotopic (exact) mass is 278 g/mol. The molecule has 0 aliphatic carbocycles. The minimum Gasteiger partial charge on any atom is -0.316 e. The van der Waals surface area contributed by atoms with E-state index in [0.29, 0.717) is 0 Å². The third kappa shape index (κ3) is 2.66. The Hall–Kier alpha value is -0.230. The van der Waals surface area contributed by atoms with Crippen molar-refractivity contribution in [2.24, 2.45) is 5.73 Å². The fraction of sp³-hybridized carbons (Fsp3) is 0.286. The van der Waals surface area contributed by atoms with Gasteiger partial charge >= 0.3 is 6.18 Å². The summed E-state index contributed by atoms with van der Waals surface area (Å²) in [6.45, 7) is 0. The number of pyridine rings is 1. The smallest absolute Gasteiger partial charge is 0.316 e. The summed E-state index contributed by atoms with van der Waals surface area (Å²) in [6, 6.07) is -2.28. The largest absolute Gasteiger partial charge is 0.407 e. The van der Waals surface area contributed by atoms with Gasteiger partial charge in [-0.15, -0.1) is 0 Å². The van der Waals surface area contributed by atoms with E-state index in [-0.39, 0.29) is 15.2 Å². The molecule has 1 heterocycles. The van der Waals surface area contributed by atoms with E-state index < -0.39 is 17.8 Å². The van der Waals surface area contributed by atoms with Crippen molar-refractivity contribution in [3.8, 4) is 0 Å². The highest BCUT2D eigenvalue weighted by Crippen LogP contribution is 2.39. The third-order valence-corrected chi connectivity index (χ3v) is 2.70. The van der Waals surface area contributed by atoms with Crippen LogP contribution in [0.1, 0.15) is 11.6 Å². The number of alkyl halides is 3. The highest BCUT2D eigenvalue weighted by molar-refractivity contribution is 6.43. The number of nitrogens with zero attached hydrogens (tertiary/aromatic N) is 1. The first-order valence-corrected chi connectivity index (χ1v) is 4.70. The van der Waals surface area contributed by atoms with Gasteiger partial charge < -0.3 is 5.73 Å². The minimum atomic E-state index is -4.64. The molecule has 0 bridgehead atoms. The summed E-state index contributed by atoms with van der Waals surface area (Å²) in [6.07, 6.45) is -3.67. The van der Waals surface area contributed by atoms with Gasteiger partial charge in [-0.25, -0.2) is 4.98 Å². The lowest BCUT2D eigenvalue weighted by atomic mass is 10.1. The zero-order valence-corrected chi connectivity index (χ0v) is 9.21. The maximum absolute atomic E-state index is 12.3. The fourth-order valence-corrected chi connectivity index (χ4v) is 1.63. The zero-order valence-electron chi connectivity index (χ0n) is 6.95. The molecular formula is C7H4Cl3F3N2. The Kier molecular flexibility index (Phi) is 3.71. The lowest BCUT2D eigenvalue weighted by Gasteiger charge is -2.18.